The number of benzene rings is 3. The number of rotatable bonds is 5. The van der Waals surface area contributed by atoms with Crippen LogP contribution in [0.5, 0.6) is 0 Å². The minimum absolute atomic E-state index is 0.111. The second-order valence-corrected chi connectivity index (χ2v) is 9.90. The zero-order valence-electron chi connectivity index (χ0n) is 19.2. The topological polar surface area (TPSA) is 48.5 Å². The number of carbonyl (C=O) groups is 1. The minimum atomic E-state index is -0.111. The first kappa shape index (κ1) is 21.6. The molecule has 1 unspecified atom stereocenters. The van der Waals surface area contributed by atoms with E-state index >= 15 is 0 Å². The minimum Gasteiger partial charge on any atom is -0.347 e. The molecule has 2 heterocycles. The summed E-state index contributed by atoms with van der Waals surface area (Å²) >= 11 is 1.68. The first-order valence-electron chi connectivity index (χ1n) is 11.3. The molecule has 1 aliphatic rings. The number of nitrogens with one attached hydrogen (secondary N) is 1. The van der Waals surface area contributed by atoms with Crippen molar-refractivity contribution in [2.45, 2.75) is 19.4 Å². The quantitative estimate of drug-likeness (QED) is 0.421. The van der Waals surface area contributed by atoms with Gasteiger partial charge in [0.25, 0.3) is 5.91 Å². The molecule has 33 heavy (non-hydrogen) atoms. The van der Waals surface area contributed by atoms with Gasteiger partial charge in [-0.05, 0) is 68.4 Å². The van der Waals surface area contributed by atoms with E-state index in [1.54, 1.807) is 11.3 Å². The molecule has 0 radical (unpaired) electrons. The van der Waals surface area contributed by atoms with Crippen molar-refractivity contribution in [1.82, 2.24) is 9.88 Å². The van der Waals surface area contributed by atoms with Crippen molar-refractivity contribution in [3.05, 3.63) is 77.9 Å². The molecule has 5 nitrogen and oxygen atoms in total. The molecule has 0 bridgehead atoms. The number of anilines is 2. The SMILES string of the molecule is Cc1ccc(-c2ccc(C(=O)Nc3ccc4nc(N(C)C5CCN(C)C5)sc4c3)cc2)cc1. The number of likely N-dealkylation sites (N-methyl/N-ethyl adjacent to an activating group) is 2. The maximum Gasteiger partial charge on any atom is 0.255 e. The number of carbonyl (C=O) groups excluding carboxylic acids is 1. The number of hydrogen-bond acceptors (Lipinski definition) is 5. The number of aromatic nitrogens is 1. The second kappa shape index (κ2) is 8.96. The molecule has 168 valence electrons. The summed E-state index contributed by atoms with van der Waals surface area (Å²) < 4.78 is 1.08. The third kappa shape index (κ3) is 4.63. The van der Waals surface area contributed by atoms with Gasteiger partial charge < -0.3 is 15.1 Å². The van der Waals surface area contributed by atoms with Crippen LogP contribution in [0.4, 0.5) is 10.8 Å². The molecule has 5 rings (SSSR count). The lowest BCUT2D eigenvalue weighted by Crippen LogP contribution is -2.33. The van der Waals surface area contributed by atoms with Crippen LogP contribution in [0, 0.1) is 6.92 Å². The van der Waals surface area contributed by atoms with E-state index in [1.807, 2.05) is 42.5 Å². The Labute approximate surface area is 198 Å². The summed E-state index contributed by atoms with van der Waals surface area (Å²) in [5.41, 5.74) is 5.87. The summed E-state index contributed by atoms with van der Waals surface area (Å²) in [6.45, 7) is 4.27. The van der Waals surface area contributed by atoms with Crippen molar-refractivity contribution >= 4 is 38.3 Å². The number of likely N-dealkylation sites (tertiary alicyclic amines) is 1. The molecule has 1 N–H and O–H groups in total. The standard InChI is InChI=1S/C27H28N4OS/c1-18-4-6-19(7-5-18)20-8-10-21(11-9-20)26(32)28-22-12-13-24-25(16-22)33-27(29-24)31(3)23-14-15-30(2)17-23/h4-13,16,23H,14-15,17H2,1-3H3,(H,28,32). The summed E-state index contributed by atoms with van der Waals surface area (Å²) in [5, 5.41) is 4.06. The molecule has 3 aromatic carbocycles. The van der Waals surface area contributed by atoms with Gasteiger partial charge in [0.2, 0.25) is 0 Å². The van der Waals surface area contributed by atoms with Gasteiger partial charge in [-0.3, -0.25) is 4.79 Å². The zero-order valence-corrected chi connectivity index (χ0v) is 20.0. The average Bonchev–Trinajstić information content (AvgIpc) is 3.45. The van der Waals surface area contributed by atoms with Gasteiger partial charge in [0, 0.05) is 30.9 Å². The molecule has 1 saturated heterocycles. The van der Waals surface area contributed by atoms with Crippen molar-refractivity contribution in [2.24, 2.45) is 0 Å². The molecule has 1 aromatic heterocycles. The van der Waals surface area contributed by atoms with E-state index in [0.717, 1.165) is 51.7 Å². The average molecular weight is 457 g/mol. The van der Waals surface area contributed by atoms with Crippen LogP contribution in [0.3, 0.4) is 0 Å². The summed E-state index contributed by atoms with van der Waals surface area (Å²) in [6.07, 6.45) is 1.16. The molecule has 1 amide bonds. The van der Waals surface area contributed by atoms with Crippen LogP contribution in [-0.4, -0.2) is 49.0 Å². The van der Waals surface area contributed by atoms with Gasteiger partial charge in [0.05, 0.1) is 10.2 Å². The predicted molar refractivity (Wildman–Crippen MR) is 138 cm³/mol. The highest BCUT2D eigenvalue weighted by molar-refractivity contribution is 7.22. The summed E-state index contributed by atoms with van der Waals surface area (Å²) in [4.78, 5) is 22.3. The summed E-state index contributed by atoms with van der Waals surface area (Å²) in [5.74, 6) is -0.111. The lowest BCUT2D eigenvalue weighted by Gasteiger charge is -2.23. The van der Waals surface area contributed by atoms with Crippen LogP contribution in [-0.2, 0) is 0 Å². The van der Waals surface area contributed by atoms with Crippen LogP contribution in [0.1, 0.15) is 22.3 Å². The number of nitrogens with zero attached hydrogens (tertiary/aromatic N) is 3. The molecule has 1 atom stereocenters. The van der Waals surface area contributed by atoms with Crippen molar-refractivity contribution in [3.63, 3.8) is 0 Å². The van der Waals surface area contributed by atoms with Gasteiger partial charge >= 0.3 is 0 Å². The van der Waals surface area contributed by atoms with Gasteiger partial charge in [-0.1, -0.05) is 53.3 Å². The van der Waals surface area contributed by atoms with Crippen LogP contribution < -0.4 is 10.2 Å². The van der Waals surface area contributed by atoms with Gasteiger partial charge in [-0.25, -0.2) is 4.98 Å². The van der Waals surface area contributed by atoms with Crippen LogP contribution in [0.25, 0.3) is 21.3 Å². The third-order valence-corrected chi connectivity index (χ3v) is 7.49. The highest BCUT2D eigenvalue weighted by Crippen LogP contribution is 2.32. The fourth-order valence-electron chi connectivity index (χ4n) is 4.29. The van der Waals surface area contributed by atoms with Gasteiger partial charge in [-0.15, -0.1) is 0 Å². The van der Waals surface area contributed by atoms with Crippen molar-refractivity contribution in [1.29, 1.82) is 0 Å². The maximum absolute atomic E-state index is 12.8. The highest BCUT2D eigenvalue weighted by Gasteiger charge is 2.25. The van der Waals surface area contributed by atoms with Crippen molar-refractivity contribution in [2.75, 3.05) is 37.4 Å². The Morgan fingerprint density at radius 1 is 1.06 bits per heavy atom. The van der Waals surface area contributed by atoms with E-state index in [4.69, 9.17) is 4.98 Å². The van der Waals surface area contributed by atoms with Crippen LogP contribution in [0.15, 0.2) is 66.7 Å². The van der Waals surface area contributed by atoms with Gasteiger partial charge in [0.1, 0.15) is 0 Å². The monoisotopic (exact) mass is 456 g/mol. The molecule has 0 aliphatic carbocycles. The van der Waals surface area contributed by atoms with Crippen LogP contribution >= 0.6 is 11.3 Å². The Balaban J connectivity index is 1.29. The summed E-state index contributed by atoms with van der Waals surface area (Å²) in [7, 11) is 4.29. The van der Waals surface area contributed by atoms with E-state index in [-0.39, 0.29) is 5.91 Å². The molecule has 6 heteroatoms. The smallest absolute Gasteiger partial charge is 0.255 e. The molecule has 4 aromatic rings. The molecule has 0 spiro atoms. The molecule has 1 aliphatic heterocycles. The molecular formula is C27H28N4OS. The number of amides is 1. The van der Waals surface area contributed by atoms with Crippen LogP contribution in [0.2, 0.25) is 0 Å². The number of aryl methyl sites for hydroxylation is 1. The van der Waals surface area contributed by atoms with Gasteiger partial charge in [0.15, 0.2) is 5.13 Å². The molecule has 1 fully saturated rings. The van der Waals surface area contributed by atoms with E-state index in [1.165, 1.54) is 5.56 Å². The van der Waals surface area contributed by atoms with E-state index in [9.17, 15) is 4.79 Å². The first-order chi connectivity index (χ1) is 16.0. The van der Waals surface area contributed by atoms with Crippen molar-refractivity contribution in [3.8, 4) is 11.1 Å². The number of thiazole rings is 1. The maximum atomic E-state index is 12.8. The summed E-state index contributed by atoms with van der Waals surface area (Å²) in [6, 6.07) is 22.6. The lowest BCUT2D eigenvalue weighted by atomic mass is 10.0. The largest absolute Gasteiger partial charge is 0.347 e. The van der Waals surface area contributed by atoms with E-state index < -0.39 is 0 Å². The number of hydrogen-bond donors (Lipinski definition) is 1. The third-order valence-electron chi connectivity index (χ3n) is 6.38. The Bertz CT molecular complexity index is 1280. The fraction of sp³-hybridized carbons (Fsp3) is 0.259. The normalized spacial score (nSPS) is 16.3. The Morgan fingerprint density at radius 3 is 2.42 bits per heavy atom. The fourth-order valence-corrected chi connectivity index (χ4v) is 5.33. The zero-order chi connectivity index (χ0) is 22.9. The predicted octanol–water partition coefficient (Wildman–Crippen LogP) is 5.66. The molecule has 0 saturated carbocycles. The Morgan fingerprint density at radius 2 is 1.76 bits per heavy atom. The Hall–Kier alpha value is -3.22. The molecular weight excluding hydrogens is 428 g/mol. The Kier molecular flexibility index (Phi) is 5.87. The van der Waals surface area contributed by atoms with Gasteiger partial charge in [-0.2, -0.15) is 0 Å². The van der Waals surface area contributed by atoms with E-state index in [0.29, 0.717) is 11.6 Å². The first-order valence-corrected chi connectivity index (χ1v) is 12.1. The highest BCUT2D eigenvalue weighted by atomic mass is 32.1. The van der Waals surface area contributed by atoms with E-state index in [2.05, 4.69) is 60.4 Å². The van der Waals surface area contributed by atoms with Crippen molar-refractivity contribution < 1.29 is 4.79 Å². The second-order valence-electron chi connectivity index (χ2n) is 8.89. The lowest BCUT2D eigenvalue weighted by molar-refractivity contribution is 0.102. The number of fused-ring (bicyclic) bond motifs is 1.